The van der Waals surface area contributed by atoms with Crippen molar-refractivity contribution in [2.24, 2.45) is 5.92 Å². The van der Waals surface area contributed by atoms with Crippen LogP contribution in [0.15, 0.2) is 12.1 Å². The van der Waals surface area contributed by atoms with E-state index in [9.17, 15) is 5.11 Å². The minimum atomic E-state index is 0.415. The van der Waals surface area contributed by atoms with Crippen LogP contribution >= 0.6 is 0 Å². The van der Waals surface area contributed by atoms with Gasteiger partial charge < -0.3 is 10.4 Å². The molecule has 2 N–H and O–H groups in total. The lowest BCUT2D eigenvalue weighted by atomic mass is 10.0. The van der Waals surface area contributed by atoms with Crippen molar-refractivity contribution in [3.05, 3.63) is 28.8 Å². The van der Waals surface area contributed by atoms with Crippen molar-refractivity contribution in [2.75, 3.05) is 0 Å². The zero-order valence-electron chi connectivity index (χ0n) is 10.4. The van der Waals surface area contributed by atoms with Crippen molar-refractivity contribution < 1.29 is 5.11 Å². The zero-order valence-corrected chi connectivity index (χ0v) is 10.4. The Kier molecular flexibility index (Phi) is 3.20. The van der Waals surface area contributed by atoms with E-state index in [0.29, 0.717) is 11.8 Å². The van der Waals surface area contributed by atoms with Crippen LogP contribution in [0, 0.1) is 19.8 Å². The molecule has 2 rings (SSSR count). The molecule has 0 bridgehead atoms. The van der Waals surface area contributed by atoms with E-state index < -0.39 is 0 Å². The third kappa shape index (κ3) is 2.56. The maximum Gasteiger partial charge on any atom is 0.120 e. The highest BCUT2D eigenvalue weighted by Gasteiger charge is 2.27. The van der Waals surface area contributed by atoms with Crippen molar-refractivity contribution in [3.63, 3.8) is 0 Å². The predicted octanol–water partition coefficient (Wildman–Crippen LogP) is 2.90. The fourth-order valence-electron chi connectivity index (χ4n) is 2.04. The Labute approximate surface area is 97.7 Å². The van der Waals surface area contributed by atoms with Gasteiger partial charge in [-0.15, -0.1) is 0 Å². The van der Waals surface area contributed by atoms with Gasteiger partial charge in [0.2, 0.25) is 0 Å². The van der Waals surface area contributed by atoms with Crippen molar-refractivity contribution in [1.29, 1.82) is 0 Å². The number of phenols is 1. The van der Waals surface area contributed by atoms with E-state index in [1.807, 2.05) is 13.0 Å². The van der Waals surface area contributed by atoms with Gasteiger partial charge in [-0.05, 0) is 56.7 Å². The van der Waals surface area contributed by atoms with Crippen LogP contribution in [0.4, 0.5) is 0 Å². The predicted molar refractivity (Wildman–Crippen MR) is 66.6 cm³/mol. The quantitative estimate of drug-likeness (QED) is 0.816. The molecular formula is C14H21NO. The van der Waals surface area contributed by atoms with Crippen LogP contribution in [-0.2, 0) is 6.54 Å². The van der Waals surface area contributed by atoms with Gasteiger partial charge in [-0.3, -0.25) is 0 Å². The SMILES string of the molecule is Cc1cc(O)c(CNC(C)C2CC2)cc1C. The first-order valence-corrected chi connectivity index (χ1v) is 6.10. The molecule has 1 aliphatic carbocycles. The molecule has 0 heterocycles. The van der Waals surface area contributed by atoms with Crippen molar-refractivity contribution in [2.45, 2.75) is 46.2 Å². The van der Waals surface area contributed by atoms with Gasteiger partial charge in [0.25, 0.3) is 0 Å². The summed E-state index contributed by atoms with van der Waals surface area (Å²) < 4.78 is 0. The largest absolute Gasteiger partial charge is 0.508 e. The minimum absolute atomic E-state index is 0.415. The molecule has 1 aliphatic rings. The Morgan fingerprint density at radius 2 is 1.94 bits per heavy atom. The summed E-state index contributed by atoms with van der Waals surface area (Å²) in [6, 6.07) is 4.51. The van der Waals surface area contributed by atoms with Crippen LogP contribution in [-0.4, -0.2) is 11.1 Å². The molecule has 1 fully saturated rings. The van der Waals surface area contributed by atoms with Gasteiger partial charge in [-0.1, -0.05) is 6.07 Å². The highest BCUT2D eigenvalue weighted by molar-refractivity contribution is 5.40. The lowest BCUT2D eigenvalue weighted by Crippen LogP contribution is -2.27. The molecule has 1 unspecified atom stereocenters. The summed E-state index contributed by atoms with van der Waals surface area (Å²) in [6.45, 7) is 7.11. The number of nitrogens with one attached hydrogen (secondary N) is 1. The average Bonchev–Trinajstić information content (AvgIpc) is 3.04. The topological polar surface area (TPSA) is 32.3 Å². The van der Waals surface area contributed by atoms with Crippen LogP contribution in [0.25, 0.3) is 0 Å². The van der Waals surface area contributed by atoms with E-state index in [0.717, 1.165) is 23.6 Å². The highest BCUT2D eigenvalue weighted by Crippen LogP contribution is 2.32. The summed E-state index contributed by atoms with van der Waals surface area (Å²) in [5, 5.41) is 13.3. The van der Waals surface area contributed by atoms with E-state index >= 15 is 0 Å². The number of aromatic hydroxyl groups is 1. The maximum absolute atomic E-state index is 9.84. The number of hydrogen-bond donors (Lipinski definition) is 2. The Morgan fingerprint density at radius 1 is 1.31 bits per heavy atom. The summed E-state index contributed by atoms with van der Waals surface area (Å²) in [5.74, 6) is 1.27. The summed E-state index contributed by atoms with van der Waals surface area (Å²) >= 11 is 0. The van der Waals surface area contributed by atoms with Gasteiger partial charge in [0.15, 0.2) is 0 Å². The van der Waals surface area contributed by atoms with Gasteiger partial charge in [0.05, 0.1) is 0 Å². The Hall–Kier alpha value is -1.02. The number of hydrogen-bond acceptors (Lipinski definition) is 2. The van der Waals surface area contributed by atoms with Crippen LogP contribution < -0.4 is 5.32 Å². The van der Waals surface area contributed by atoms with Gasteiger partial charge in [-0.25, -0.2) is 0 Å². The summed E-state index contributed by atoms with van der Waals surface area (Å²) in [5.41, 5.74) is 3.40. The van der Waals surface area contributed by atoms with Gasteiger partial charge in [0, 0.05) is 18.2 Å². The number of aryl methyl sites for hydroxylation is 2. The fraction of sp³-hybridized carbons (Fsp3) is 0.571. The number of phenolic OH excluding ortho intramolecular Hbond substituents is 1. The molecule has 1 saturated carbocycles. The first-order chi connectivity index (χ1) is 7.58. The van der Waals surface area contributed by atoms with Gasteiger partial charge in [-0.2, -0.15) is 0 Å². The lowest BCUT2D eigenvalue weighted by Gasteiger charge is -2.14. The second kappa shape index (κ2) is 4.46. The van der Waals surface area contributed by atoms with Crippen LogP contribution in [0.5, 0.6) is 5.75 Å². The molecule has 0 amide bonds. The third-order valence-electron chi connectivity index (χ3n) is 3.64. The van der Waals surface area contributed by atoms with Crippen LogP contribution in [0.1, 0.15) is 36.5 Å². The maximum atomic E-state index is 9.84. The fourth-order valence-corrected chi connectivity index (χ4v) is 2.04. The average molecular weight is 219 g/mol. The molecule has 2 nitrogen and oxygen atoms in total. The molecule has 0 aliphatic heterocycles. The molecule has 1 aromatic rings. The summed E-state index contributed by atoms with van der Waals surface area (Å²) in [7, 11) is 0. The van der Waals surface area contributed by atoms with Gasteiger partial charge in [0.1, 0.15) is 5.75 Å². The van der Waals surface area contributed by atoms with E-state index in [-0.39, 0.29) is 0 Å². The summed E-state index contributed by atoms with van der Waals surface area (Å²) in [4.78, 5) is 0. The molecule has 0 radical (unpaired) electrons. The molecular weight excluding hydrogens is 198 g/mol. The Bertz CT molecular complexity index is 383. The molecule has 16 heavy (non-hydrogen) atoms. The van der Waals surface area contributed by atoms with E-state index in [2.05, 4.69) is 25.2 Å². The number of rotatable bonds is 4. The highest BCUT2D eigenvalue weighted by atomic mass is 16.3. The monoisotopic (exact) mass is 219 g/mol. The second-order valence-electron chi connectivity index (χ2n) is 5.07. The van der Waals surface area contributed by atoms with Crippen molar-refractivity contribution >= 4 is 0 Å². The summed E-state index contributed by atoms with van der Waals surface area (Å²) in [6.07, 6.45) is 2.71. The lowest BCUT2D eigenvalue weighted by molar-refractivity contribution is 0.450. The first kappa shape index (κ1) is 11.5. The van der Waals surface area contributed by atoms with E-state index in [1.54, 1.807) is 0 Å². The smallest absolute Gasteiger partial charge is 0.120 e. The normalized spacial score (nSPS) is 17.4. The van der Waals surface area contributed by atoms with E-state index in [1.165, 1.54) is 18.4 Å². The number of benzene rings is 1. The van der Waals surface area contributed by atoms with Crippen molar-refractivity contribution in [1.82, 2.24) is 5.32 Å². The van der Waals surface area contributed by atoms with Crippen molar-refractivity contribution in [3.8, 4) is 5.75 Å². The zero-order chi connectivity index (χ0) is 11.7. The molecule has 88 valence electrons. The molecule has 0 saturated heterocycles. The molecule has 1 aromatic carbocycles. The molecule has 1 atom stereocenters. The second-order valence-corrected chi connectivity index (χ2v) is 5.07. The van der Waals surface area contributed by atoms with Gasteiger partial charge >= 0.3 is 0 Å². The standard InChI is InChI=1S/C14H21NO/c1-9-6-13(14(16)7-10(9)2)8-15-11(3)12-4-5-12/h6-7,11-12,15-16H,4-5,8H2,1-3H3. The van der Waals surface area contributed by atoms with Crippen LogP contribution in [0.3, 0.4) is 0 Å². The third-order valence-corrected chi connectivity index (χ3v) is 3.64. The molecule has 0 aromatic heterocycles. The Balaban J connectivity index is 2.00. The molecule has 2 heteroatoms. The molecule has 0 spiro atoms. The minimum Gasteiger partial charge on any atom is -0.508 e. The van der Waals surface area contributed by atoms with Crippen LogP contribution in [0.2, 0.25) is 0 Å². The Morgan fingerprint density at radius 3 is 2.56 bits per heavy atom. The van der Waals surface area contributed by atoms with E-state index in [4.69, 9.17) is 0 Å². The first-order valence-electron chi connectivity index (χ1n) is 6.10.